The van der Waals surface area contributed by atoms with Crippen molar-refractivity contribution in [1.29, 1.82) is 0 Å². The van der Waals surface area contributed by atoms with Crippen LogP contribution in [0.5, 0.6) is 0 Å². The third kappa shape index (κ3) is 4.01. The van der Waals surface area contributed by atoms with Gasteiger partial charge in [-0.1, -0.05) is 43.0 Å². The Balaban J connectivity index is 2.08. The minimum Gasteiger partial charge on any atom is -0.371 e. The van der Waals surface area contributed by atoms with Crippen LogP contribution in [0.15, 0.2) is 18.2 Å². The predicted molar refractivity (Wildman–Crippen MR) is 84.3 cm³/mol. The van der Waals surface area contributed by atoms with Crippen LogP contribution in [0.25, 0.3) is 0 Å². The van der Waals surface area contributed by atoms with E-state index in [9.17, 15) is 0 Å². The standard InChI is InChI=1S/C15H22Cl2N2/c1-2-3-4-11-10-19(6-5-15(11)18)14-8-12(16)7-13(17)9-14/h7-9,11,15H,2-6,10,18H2,1H3. The highest BCUT2D eigenvalue weighted by Gasteiger charge is 2.26. The van der Waals surface area contributed by atoms with Gasteiger partial charge in [-0.3, -0.25) is 0 Å². The van der Waals surface area contributed by atoms with E-state index in [4.69, 9.17) is 28.9 Å². The van der Waals surface area contributed by atoms with E-state index in [1.165, 1.54) is 19.3 Å². The van der Waals surface area contributed by atoms with E-state index in [1.807, 2.05) is 12.1 Å². The van der Waals surface area contributed by atoms with E-state index in [0.717, 1.165) is 25.2 Å². The molecule has 2 N–H and O–H groups in total. The summed E-state index contributed by atoms with van der Waals surface area (Å²) in [4.78, 5) is 2.36. The number of nitrogens with two attached hydrogens (primary N) is 1. The lowest BCUT2D eigenvalue weighted by molar-refractivity contribution is 0.330. The Labute approximate surface area is 125 Å². The largest absolute Gasteiger partial charge is 0.371 e. The molecule has 1 saturated heterocycles. The third-order valence-electron chi connectivity index (χ3n) is 3.93. The first kappa shape index (κ1) is 15.0. The van der Waals surface area contributed by atoms with Crippen LogP contribution in [-0.2, 0) is 0 Å². The number of unbranched alkanes of at least 4 members (excludes halogenated alkanes) is 1. The summed E-state index contributed by atoms with van der Waals surface area (Å²) in [6.07, 6.45) is 4.73. The van der Waals surface area contributed by atoms with Crippen LogP contribution >= 0.6 is 23.2 Å². The molecular formula is C15H22Cl2N2. The summed E-state index contributed by atoms with van der Waals surface area (Å²) in [6, 6.07) is 6.08. The van der Waals surface area contributed by atoms with Gasteiger partial charge < -0.3 is 10.6 Å². The van der Waals surface area contributed by atoms with Crippen molar-refractivity contribution in [2.45, 2.75) is 38.6 Å². The third-order valence-corrected chi connectivity index (χ3v) is 4.37. The zero-order chi connectivity index (χ0) is 13.8. The van der Waals surface area contributed by atoms with Crippen molar-refractivity contribution in [2.75, 3.05) is 18.0 Å². The quantitative estimate of drug-likeness (QED) is 0.896. The lowest BCUT2D eigenvalue weighted by Gasteiger charge is -2.38. The van der Waals surface area contributed by atoms with Crippen molar-refractivity contribution in [3.63, 3.8) is 0 Å². The van der Waals surface area contributed by atoms with Gasteiger partial charge >= 0.3 is 0 Å². The highest BCUT2D eigenvalue weighted by molar-refractivity contribution is 6.35. The van der Waals surface area contributed by atoms with Gasteiger partial charge in [-0.25, -0.2) is 0 Å². The molecule has 2 rings (SSSR count). The van der Waals surface area contributed by atoms with Gasteiger partial charge in [-0.15, -0.1) is 0 Å². The summed E-state index contributed by atoms with van der Waals surface area (Å²) in [5.41, 5.74) is 7.36. The molecule has 19 heavy (non-hydrogen) atoms. The van der Waals surface area contributed by atoms with Crippen molar-refractivity contribution in [3.8, 4) is 0 Å². The minimum absolute atomic E-state index is 0.331. The average molecular weight is 301 g/mol. The first-order valence-corrected chi connectivity index (χ1v) is 7.82. The number of benzene rings is 1. The molecule has 4 heteroatoms. The van der Waals surface area contributed by atoms with Gasteiger partial charge in [0.15, 0.2) is 0 Å². The molecule has 0 radical (unpaired) electrons. The SMILES string of the molecule is CCCCC1CN(c2cc(Cl)cc(Cl)c2)CCC1N. The predicted octanol–water partition coefficient (Wildman–Crippen LogP) is 4.34. The Morgan fingerprint density at radius 3 is 2.58 bits per heavy atom. The number of rotatable bonds is 4. The van der Waals surface area contributed by atoms with Crippen LogP contribution < -0.4 is 10.6 Å². The zero-order valence-electron chi connectivity index (χ0n) is 11.4. The summed E-state index contributed by atoms with van der Waals surface area (Å²) in [6.45, 7) is 4.22. The fourth-order valence-electron chi connectivity index (χ4n) is 2.78. The molecule has 2 nitrogen and oxygen atoms in total. The van der Waals surface area contributed by atoms with Crippen LogP contribution in [-0.4, -0.2) is 19.1 Å². The van der Waals surface area contributed by atoms with Gasteiger partial charge in [-0.2, -0.15) is 0 Å². The maximum Gasteiger partial charge on any atom is 0.0441 e. The van der Waals surface area contributed by atoms with Gasteiger partial charge in [0.25, 0.3) is 0 Å². The van der Waals surface area contributed by atoms with Crippen LogP contribution in [0.4, 0.5) is 5.69 Å². The molecule has 106 valence electrons. The monoisotopic (exact) mass is 300 g/mol. The number of anilines is 1. The molecule has 0 amide bonds. The molecular weight excluding hydrogens is 279 g/mol. The molecule has 1 fully saturated rings. The molecule has 0 spiro atoms. The Hall–Kier alpha value is -0.440. The number of piperidine rings is 1. The maximum atomic E-state index is 6.24. The van der Waals surface area contributed by atoms with E-state index in [1.54, 1.807) is 6.07 Å². The molecule has 1 aromatic rings. The van der Waals surface area contributed by atoms with E-state index in [-0.39, 0.29) is 0 Å². The summed E-state index contributed by atoms with van der Waals surface area (Å²) in [5.74, 6) is 0.575. The molecule has 2 atom stereocenters. The van der Waals surface area contributed by atoms with E-state index in [0.29, 0.717) is 22.0 Å². The smallest absolute Gasteiger partial charge is 0.0441 e. The van der Waals surface area contributed by atoms with Crippen LogP contribution in [0, 0.1) is 5.92 Å². The van der Waals surface area contributed by atoms with Crippen LogP contribution in [0.2, 0.25) is 10.0 Å². The van der Waals surface area contributed by atoms with E-state index < -0.39 is 0 Å². The van der Waals surface area contributed by atoms with Gasteiger partial charge in [0, 0.05) is 34.9 Å². The number of hydrogen-bond acceptors (Lipinski definition) is 2. The normalized spacial score (nSPS) is 23.7. The second kappa shape index (κ2) is 6.83. The number of halogens is 2. The second-order valence-corrected chi connectivity index (χ2v) is 6.30. The second-order valence-electron chi connectivity index (χ2n) is 5.43. The van der Waals surface area contributed by atoms with Crippen molar-refractivity contribution in [2.24, 2.45) is 11.7 Å². The maximum absolute atomic E-state index is 6.24. The Morgan fingerprint density at radius 1 is 1.26 bits per heavy atom. The summed E-state index contributed by atoms with van der Waals surface area (Å²) >= 11 is 12.2. The van der Waals surface area contributed by atoms with Gasteiger partial charge in [0.2, 0.25) is 0 Å². The van der Waals surface area contributed by atoms with E-state index in [2.05, 4.69) is 11.8 Å². The number of nitrogens with zero attached hydrogens (tertiary/aromatic N) is 1. The lowest BCUT2D eigenvalue weighted by atomic mass is 9.88. The van der Waals surface area contributed by atoms with Gasteiger partial charge in [0.1, 0.15) is 0 Å². The Bertz CT molecular complexity index is 402. The highest BCUT2D eigenvalue weighted by Crippen LogP contribution is 2.30. The topological polar surface area (TPSA) is 29.3 Å². The number of hydrogen-bond donors (Lipinski definition) is 1. The Kier molecular flexibility index (Phi) is 5.37. The van der Waals surface area contributed by atoms with E-state index >= 15 is 0 Å². The Morgan fingerprint density at radius 2 is 1.95 bits per heavy atom. The fourth-order valence-corrected chi connectivity index (χ4v) is 3.29. The van der Waals surface area contributed by atoms with Crippen molar-refractivity contribution < 1.29 is 0 Å². The first-order chi connectivity index (χ1) is 9.10. The van der Waals surface area contributed by atoms with Crippen molar-refractivity contribution in [1.82, 2.24) is 0 Å². The molecule has 0 saturated carbocycles. The summed E-state index contributed by atoms with van der Waals surface area (Å²) < 4.78 is 0. The first-order valence-electron chi connectivity index (χ1n) is 7.06. The van der Waals surface area contributed by atoms with Crippen LogP contribution in [0.1, 0.15) is 32.6 Å². The van der Waals surface area contributed by atoms with Crippen molar-refractivity contribution >= 4 is 28.9 Å². The molecule has 1 heterocycles. The highest BCUT2D eigenvalue weighted by atomic mass is 35.5. The minimum atomic E-state index is 0.331. The molecule has 0 aliphatic carbocycles. The van der Waals surface area contributed by atoms with Gasteiger partial charge in [-0.05, 0) is 37.0 Å². The van der Waals surface area contributed by atoms with Crippen molar-refractivity contribution in [3.05, 3.63) is 28.2 Å². The fraction of sp³-hybridized carbons (Fsp3) is 0.600. The van der Waals surface area contributed by atoms with Gasteiger partial charge in [0.05, 0.1) is 0 Å². The summed E-state index contributed by atoms with van der Waals surface area (Å²) in [7, 11) is 0. The molecule has 2 unspecified atom stereocenters. The average Bonchev–Trinajstić information content (AvgIpc) is 2.36. The molecule has 1 aliphatic rings. The summed E-state index contributed by atoms with van der Waals surface area (Å²) in [5, 5.41) is 1.39. The molecule has 0 bridgehead atoms. The lowest BCUT2D eigenvalue weighted by Crippen LogP contribution is -2.47. The van der Waals surface area contributed by atoms with Crippen LogP contribution in [0.3, 0.4) is 0 Å². The molecule has 0 aromatic heterocycles. The zero-order valence-corrected chi connectivity index (χ0v) is 12.9. The molecule has 1 aromatic carbocycles. The molecule has 1 aliphatic heterocycles.